The molecule has 0 atom stereocenters. The number of nitrogens with zero attached hydrogens (tertiary/aromatic N) is 1. The summed E-state index contributed by atoms with van der Waals surface area (Å²) in [6.45, 7) is 2.10. The molecule has 1 aromatic heterocycles. The van der Waals surface area contributed by atoms with Crippen LogP contribution in [0.2, 0.25) is 0 Å². The molecule has 0 saturated heterocycles. The number of rotatable bonds is 7. The van der Waals surface area contributed by atoms with Crippen LogP contribution in [0.25, 0.3) is 0 Å². The maximum Gasteiger partial charge on any atom is 0.262 e. The molecular formula is C25H31N3O2. The summed E-state index contributed by atoms with van der Waals surface area (Å²) in [7, 11) is 0. The maximum atomic E-state index is 12.2. The number of hydrogen-bond acceptors (Lipinski definition) is 4. The van der Waals surface area contributed by atoms with Gasteiger partial charge >= 0.3 is 0 Å². The predicted octanol–water partition coefficient (Wildman–Crippen LogP) is 5.04. The Bertz CT molecular complexity index is 856. The lowest BCUT2D eigenvalue weighted by Crippen LogP contribution is -2.54. The molecule has 5 nitrogen and oxygen atoms in total. The Morgan fingerprint density at radius 1 is 1.03 bits per heavy atom. The third-order valence-corrected chi connectivity index (χ3v) is 7.18. The summed E-state index contributed by atoms with van der Waals surface area (Å²) >= 11 is 0. The van der Waals surface area contributed by atoms with Crippen molar-refractivity contribution in [2.24, 2.45) is 17.8 Å². The molecule has 5 heteroatoms. The van der Waals surface area contributed by atoms with Crippen molar-refractivity contribution in [3.63, 3.8) is 0 Å². The number of benzene rings is 1. The van der Waals surface area contributed by atoms with E-state index in [9.17, 15) is 4.79 Å². The lowest BCUT2D eigenvalue weighted by Gasteiger charge is -2.57. The first kappa shape index (κ1) is 19.4. The minimum absolute atomic E-state index is 0.0151. The number of ether oxygens (including phenoxy) is 1. The van der Waals surface area contributed by atoms with E-state index in [-0.39, 0.29) is 18.1 Å². The van der Waals surface area contributed by atoms with E-state index in [4.69, 9.17) is 4.74 Å². The van der Waals surface area contributed by atoms with Gasteiger partial charge in [-0.3, -0.25) is 4.79 Å². The monoisotopic (exact) mass is 405 g/mol. The number of pyridine rings is 1. The molecule has 0 spiro atoms. The van der Waals surface area contributed by atoms with Gasteiger partial charge in [0.25, 0.3) is 5.91 Å². The summed E-state index contributed by atoms with van der Waals surface area (Å²) in [6.07, 6.45) is 10.9. The lowest BCUT2D eigenvalue weighted by molar-refractivity contribution is -0.118. The SMILES string of the molecule is CCc1ccc(OCC(=O)Nc2ccc(NC34CC5CC(CC(C5)C3)C4)nc2)cc1. The van der Waals surface area contributed by atoms with E-state index < -0.39 is 0 Å². The zero-order valence-electron chi connectivity index (χ0n) is 17.7. The first-order chi connectivity index (χ1) is 14.6. The Labute approximate surface area is 178 Å². The Hall–Kier alpha value is -2.56. The van der Waals surface area contributed by atoms with Gasteiger partial charge in [0.15, 0.2) is 6.61 Å². The summed E-state index contributed by atoms with van der Waals surface area (Å²) in [4.78, 5) is 16.8. The van der Waals surface area contributed by atoms with Gasteiger partial charge in [-0.25, -0.2) is 4.98 Å². The van der Waals surface area contributed by atoms with Gasteiger partial charge in [0.2, 0.25) is 0 Å². The molecule has 4 saturated carbocycles. The van der Waals surface area contributed by atoms with Crippen molar-refractivity contribution in [1.29, 1.82) is 0 Å². The van der Waals surface area contributed by atoms with Crippen LogP contribution in [0.1, 0.15) is 51.0 Å². The quantitative estimate of drug-likeness (QED) is 0.677. The van der Waals surface area contributed by atoms with E-state index in [1.54, 1.807) is 6.20 Å². The fourth-order valence-corrected chi connectivity index (χ4v) is 6.24. The molecule has 0 unspecified atom stereocenters. The van der Waals surface area contributed by atoms with Crippen LogP contribution < -0.4 is 15.4 Å². The normalized spacial score (nSPS) is 28.9. The fourth-order valence-electron chi connectivity index (χ4n) is 6.24. The highest BCUT2D eigenvalue weighted by Crippen LogP contribution is 2.56. The summed E-state index contributed by atoms with van der Waals surface area (Å²) in [5.41, 5.74) is 2.19. The van der Waals surface area contributed by atoms with E-state index in [0.717, 1.165) is 30.0 Å². The van der Waals surface area contributed by atoms with Crippen molar-refractivity contribution in [3.8, 4) is 5.75 Å². The Morgan fingerprint density at radius 2 is 1.70 bits per heavy atom. The van der Waals surface area contributed by atoms with Crippen molar-refractivity contribution in [1.82, 2.24) is 4.98 Å². The van der Waals surface area contributed by atoms with Gasteiger partial charge < -0.3 is 15.4 Å². The standard InChI is InChI=1S/C25H31N3O2/c1-2-17-3-6-22(7-4-17)30-16-24(29)27-21-5-8-23(26-15-21)28-25-12-18-9-19(13-25)11-20(10-18)14-25/h3-8,15,18-20H,2,9-14,16H2,1H3,(H,26,28)(H,27,29). The van der Waals surface area contributed by atoms with E-state index in [0.29, 0.717) is 11.4 Å². The summed E-state index contributed by atoms with van der Waals surface area (Å²) < 4.78 is 5.58. The molecule has 30 heavy (non-hydrogen) atoms. The van der Waals surface area contributed by atoms with Crippen molar-refractivity contribution >= 4 is 17.4 Å². The fraction of sp³-hybridized carbons (Fsp3) is 0.520. The summed E-state index contributed by atoms with van der Waals surface area (Å²) in [5.74, 6) is 4.15. The van der Waals surface area contributed by atoms with Gasteiger partial charge in [-0.2, -0.15) is 0 Å². The van der Waals surface area contributed by atoms with Crippen molar-refractivity contribution in [3.05, 3.63) is 48.2 Å². The van der Waals surface area contributed by atoms with Crippen molar-refractivity contribution in [2.45, 2.75) is 57.4 Å². The molecule has 1 amide bonds. The number of nitrogens with one attached hydrogen (secondary N) is 2. The molecule has 4 aliphatic carbocycles. The van der Waals surface area contributed by atoms with Crippen LogP contribution in [0.5, 0.6) is 5.75 Å². The number of hydrogen-bond donors (Lipinski definition) is 2. The van der Waals surface area contributed by atoms with Gasteiger partial charge in [-0.15, -0.1) is 0 Å². The number of carbonyl (C=O) groups is 1. The molecule has 4 aliphatic rings. The minimum atomic E-state index is -0.182. The number of anilines is 2. The third-order valence-electron chi connectivity index (χ3n) is 7.18. The Balaban J connectivity index is 1.14. The van der Waals surface area contributed by atoms with E-state index >= 15 is 0 Å². The van der Waals surface area contributed by atoms with Crippen LogP contribution in [-0.2, 0) is 11.2 Å². The van der Waals surface area contributed by atoms with E-state index in [1.807, 2.05) is 36.4 Å². The lowest BCUT2D eigenvalue weighted by atomic mass is 9.53. The highest BCUT2D eigenvalue weighted by Gasteiger charge is 2.51. The molecule has 2 N–H and O–H groups in total. The van der Waals surface area contributed by atoms with Gasteiger partial charge in [0.05, 0.1) is 11.9 Å². The molecular weight excluding hydrogens is 374 g/mol. The number of aromatic nitrogens is 1. The second kappa shape index (κ2) is 7.93. The second-order valence-electron chi connectivity index (χ2n) is 9.59. The zero-order valence-corrected chi connectivity index (χ0v) is 17.7. The summed E-state index contributed by atoms with van der Waals surface area (Å²) in [5, 5.41) is 6.64. The second-order valence-corrected chi connectivity index (χ2v) is 9.59. The average Bonchev–Trinajstić information content (AvgIpc) is 2.73. The van der Waals surface area contributed by atoms with Crippen LogP contribution in [0, 0.1) is 17.8 Å². The Morgan fingerprint density at radius 3 is 2.27 bits per heavy atom. The molecule has 0 aliphatic heterocycles. The number of aryl methyl sites for hydroxylation is 1. The molecule has 4 bridgehead atoms. The van der Waals surface area contributed by atoms with Gasteiger partial charge in [0.1, 0.15) is 11.6 Å². The van der Waals surface area contributed by atoms with E-state index in [1.165, 1.54) is 44.1 Å². The molecule has 1 aromatic carbocycles. The minimum Gasteiger partial charge on any atom is -0.484 e. The van der Waals surface area contributed by atoms with Crippen LogP contribution in [0.3, 0.4) is 0 Å². The number of amides is 1. The molecule has 2 aromatic rings. The Kier molecular flexibility index (Phi) is 5.13. The predicted molar refractivity (Wildman–Crippen MR) is 119 cm³/mol. The third kappa shape index (κ3) is 4.16. The summed E-state index contributed by atoms with van der Waals surface area (Å²) in [6, 6.07) is 11.7. The average molecular weight is 406 g/mol. The van der Waals surface area contributed by atoms with Gasteiger partial charge in [-0.1, -0.05) is 19.1 Å². The van der Waals surface area contributed by atoms with Gasteiger partial charge in [-0.05, 0) is 92.5 Å². The molecule has 158 valence electrons. The van der Waals surface area contributed by atoms with Crippen molar-refractivity contribution in [2.75, 3.05) is 17.2 Å². The van der Waals surface area contributed by atoms with Crippen LogP contribution in [-0.4, -0.2) is 23.0 Å². The largest absolute Gasteiger partial charge is 0.484 e. The maximum absolute atomic E-state index is 12.2. The van der Waals surface area contributed by atoms with Crippen molar-refractivity contribution < 1.29 is 9.53 Å². The number of carbonyl (C=O) groups excluding carboxylic acids is 1. The highest BCUT2D eigenvalue weighted by molar-refractivity contribution is 5.91. The molecule has 4 fully saturated rings. The first-order valence-corrected chi connectivity index (χ1v) is 11.3. The first-order valence-electron chi connectivity index (χ1n) is 11.3. The highest BCUT2D eigenvalue weighted by atomic mass is 16.5. The zero-order chi connectivity index (χ0) is 20.6. The molecule has 1 heterocycles. The smallest absolute Gasteiger partial charge is 0.262 e. The topological polar surface area (TPSA) is 63.2 Å². The van der Waals surface area contributed by atoms with E-state index in [2.05, 4.69) is 22.5 Å². The molecule has 6 rings (SSSR count). The van der Waals surface area contributed by atoms with Crippen LogP contribution in [0.4, 0.5) is 11.5 Å². The van der Waals surface area contributed by atoms with Crippen LogP contribution in [0.15, 0.2) is 42.6 Å². The molecule has 0 radical (unpaired) electrons. The van der Waals surface area contributed by atoms with Gasteiger partial charge in [0, 0.05) is 5.54 Å². The van der Waals surface area contributed by atoms with Crippen LogP contribution >= 0.6 is 0 Å².